The highest BCUT2D eigenvalue weighted by Crippen LogP contribution is 2.63. The maximum absolute atomic E-state index is 12.3. The Morgan fingerprint density at radius 3 is 2.26 bits per heavy atom. The summed E-state index contributed by atoms with van der Waals surface area (Å²) >= 11 is 12.0. The Bertz CT molecular complexity index is 624. The second kappa shape index (κ2) is 5.99. The van der Waals surface area contributed by atoms with Gasteiger partial charge in [-0.1, -0.05) is 12.1 Å². The standard InChI is InChI=1S/C17H20Cl2N2O2/c1-16(11-17(16,18)19)15(23)20-10-12-4-6-13(7-5-12)14(22)21-8-2-3-9-21/h4-7H,2-3,8-11H2,1H3,(H,20,23). The summed E-state index contributed by atoms with van der Waals surface area (Å²) in [5.41, 5.74) is 0.925. The van der Waals surface area contributed by atoms with E-state index in [1.807, 2.05) is 29.2 Å². The van der Waals surface area contributed by atoms with Crippen LogP contribution in [0.4, 0.5) is 0 Å². The number of rotatable bonds is 4. The fourth-order valence-corrected chi connectivity index (χ4v) is 3.60. The second-order valence-electron chi connectivity index (χ2n) is 6.59. The van der Waals surface area contributed by atoms with Crippen molar-refractivity contribution in [2.75, 3.05) is 13.1 Å². The summed E-state index contributed by atoms with van der Waals surface area (Å²) in [6.45, 7) is 3.85. The van der Waals surface area contributed by atoms with E-state index in [1.54, 1.807) is 6.92 Å². The highest BCUT2D eigenvalue weighted by atomic mass is 35.5. The summed E-state index contributed by atoms with van der Waals surface area (Å²) in [6.07, 6.45) is 2.63. The topological polar surface area (TPSA) is 49.4 Å². The van der Waals surface area contributed by atoms with Crippen LogP contribution in [-0.4, -0.2) is 34.1 Å². The van der Waals surface area contributed by atoms with Gasteiger partial charge >= 0.3 is 0 Å². The largest absolute Gasteiger partial charge is 0.351 e. The SMILES string of the molecule is CC1(C(=O)NCc2ccc(C(=O)N3CCCC3)cc2)CC1(Cl)Cl. The van der Waals surface area contributed by atoms with Crippen LogP contribution in [0.3, 0.4) is 0 Å². The van der Waals surface area contributed by atoms with Crippen molar-refractivity contribution < 1.29 is 9.59 Å². The fraction of sp³-hybridized carbons (Fsp3) is 0.529. The molecule has 0 aromatic heterocycles. The van der Waals surface area contributed by atoms with Crippen LogP contribution < -0.4 is 5.32 Å². The van der Waals surface area contributed by atoms with Gasteiger partial charge in [-0.15, -0.1) is 23.2 Å². The van der Waals surface area contributed by atoms with E-state index in [0.717, 1.165) is 31.5 Å². The third-order valence-corrected chi connectivity index (χ3v) is 5.91. The normalized spacial score (nSPS) is 25.3. The maximum Gasteiger partial charge on any atom is 0.253 e. The third kappa shape index (κ3) is 3.20. The van der Waals surface area contributed by atoms with Crippen LogP contribution in [0.15, 0.2) is 24.3 Å². The number of hydrogen-bond acceptors (Lipinski definition) is 2. The van der Waals surface area contributed by atoms with E-state index in [4.69, 9.17) is 23.2 Å². The van der Waals surface area contributed by atoms with E-state index in [-0.39, 0.29) is 11.8 Å². The summed E-state index contributed by atoms with van der Waals surface area (Å²) in [7, 11) is 0. The first-order chi connectivity index (χ1) is 10.8. The van der Waals surface area contributed by atoms with E-state index >= 15 is 0 Å². The van der Waals surface area contributed by atoms with Gasteiger partial charge in [0.25, 0.3) is 5.91 Å². The number of nitrogens with zero attached hydrogens (tertiary/aromatic N) is 1. The summed E-state index contributed by atoms with van der Waals surface area (Å²) in [4.78, 5) is 26.3. The number of hydrogen-bond donors (Lipinski definition) is 1. The van der Waals surface area contributed by atoms with Crippen LogP contribution in [0.25, 0.3) is 0 Å². The van der Waals surface area contributed by atoms with Gasteiger partial charge in [0, 0.05) is 25.2 Å². The molecule has 1 heterocycles. The summed E-state index contributed by atoms with van der Waals surface area (Å²) in [6, 6.07) is 7.36. The van der Waals surface area contributed by atoms with Crippen molar-refractivity contribution in [3.05, 3.63) is 35.4 Å². The smallest absolute Gasteiger partial charge is 0.253 e. The quantitative estimate of drug-likeness (QED) is 0.844. The van der Waals surface area contributed by atoms with Gasteiger partial charge in [0.1, 0.15) is 4.33 Å². The minimum atomic E-state index is -0.955. The van der Waals surface area contributed by atoms with Gasteiger partial charge in [-0.2, -0.15) is 0 Å². The van der Waals surface area contributed by atoms with E-state index in [2.05, 4.69) is 5.32 Å². The van der Waals surface area contributed by atoms with Gasteiger partial charge in [0.05, 0.1) is 5.41 Å². The minimum absolute atomic E-state index is 0.0811. The molecule has 23 heavy (non-hydrogen) atoms. The van der Waals surface area contributed by atoms with Gasteiger partial charge < -0.3 is 10.2 Å². The van der Waals surface area contributed by atoms with Crippen LogP contribution in [0.5, 0.6) is 0 Å². The van der Waals surface area contributed by atoms with Gasteiger partial charge in [-0.25, -0.2) is 0 Å². The zero-order valence-electron chi connectivity index (χ0n) is 13.1. The molecule has 0 spiro atoms. The van der Waals surface area contributed by atoms with Gasteiger partial charge in [0.15, 0.2) is 0 Å². The van der Waals surface area contributed by atoms with Crippen LogP contribution in [-0.2, 0) is 11.3 Å². The highest BCUT2D eigenvalue weighted by molar-refractivity contribution is 6.53. The lowest BCUT2D eigenvalue weighted by Crippen LogP contribution is -2.32. The van der Waals surface area contributed by atoms with Crippen molar-refractivity contribution in [3.8, 4) is 0 Å². The van der Waals surface area contributed by atoms with Crippen LogP contribution in [0.1, 0.15) is 42.1 Å². The Labute approximate surface area is 146 Å². The molecule has 1 saturated carbocycles. The Morgan fingerprint density at radius 2 is 1.74 bits per heavy atom. The maximum atomic E-state index is 12.3. The van der Waals surface area contributed by atoms with E-state index < -0.39 is 9.75 Å². The van der Waals surface area contributed by atoms with Crippen molar-refractivity contribution in [1.82, 2.24) is 10.2 Å². The fourth-order valence-electron chi connectivity index (χ4n) is 2.89. The molecule has 2 aliphatic rings. The van der Waals surface area contributed by atoms with Crippen molar-refractivity contribution in [3.63, 3.8) is 0 Å². The van der Waals surface area contributed by atoms with Crippen molar-refractivity contribution >= 4 is 35.0 Å². The molecule has 1 aliphatic carbocycles. The third-order valence-electron chi connectivity index (χ3n) is 4.81. The molecule has 6 heteroatoms. The first kappa shape index (κ1) is 16.6. The van der Waals surface area contributed by atoms with Gasteiger partial charge in [-0.05, 0) is 43.9 Å². The summed E-state index contributed by atoms with van der Waals surface area (Å²) < 4.78 is -0.955. The van der Waals surface area contributed by atoms with Crippen molar-refractivity contribution in [2.24, 2.45) is 5.41 Å². The molecular weight excluding hydrogens is 335 g/mol. The Balaban J connectivity index is 1.56. The van der Waals surface area contributed by atoms with Crippen LogP contribution in [0, 0.1) is 5.41 Å². The molecular formula is C17H20Cl2N2O2. The number of carbonyl (C=O) groups is 2. The molecule has 1 aromatic rings. The number of halogens is 2. The highest BCUT2D eigenvalue weighted by Gasteiger charge is 2.67. The molecule has 2 amide bonds. The molecule has 1 atom stereocenters. The average molecular weight is 355 g/mol. The van der Waals surface area contributed by atoms with E-state index in [1.165, 1.54) is 0 Å². The van der Waals surface area contributed by atoms with E-state index in [0.29, 0.717) is 18.5 Å². The number of nitrogens with one attached hydrogen (secondary N) is 1. The molecule has 1 saturated heterocycles. The number of amides is 2. The molecule has 3 rings (SSSR count). The lowest BCUT2D eigenvalue weighted by Gasteiger charge is -2.16. The lowest BCUT2D eigenvalue weighted by molar-refractivity contribution is -0.125. The second-order valence-corrected chi connectivity index (χ2v) is 8.08. The zero-order valence-corrected chi connectivity index (χ0v) is 14.6. The zero-order chi connectivity index (χ0) is 16.7. The Morgan fingerprint density at radius 1 is 1.17 bits per heavy atom. The lowest BCUT2D eigenvalue weighted by atomic mass is 10.1. The van der Waals surface area contributed by atoms with E-state index in [9.17, 15) is 9.59 Å². The van der Waals surface area contributed by atoms with Crippen molar-refractivity contribution in [2.45, 2.75) is 37.1 Å². The molecule has 0 bridgehead atoms. The van der Waals surface area contributed by atoms with Crippen molar-refractivity contribution in [1.29, 1.82) is 0 Å². The average Bonchev–Trinajstić information content (AvgIpc) is 2.92. The number of alkyl halides is 2. The Hall–Kier alpha value is -1.26. The van der Waals surface area contributed by atoms with Gasteiger partial charge in [-0.3, -0.25) is 9.59 Å². The minimum Gasteiger partial charge on any atom is -0.351 e. The molecule has 1 aromatic carbocycles. The number of likely N-dealkylation sites (tertiary alicyclic amines) is 1. The Kier molecular flexibility index (Phi) is 4.32. The molecule has 124 valence electrons. The molecule has 0 radical (unpaired) electrons. The molecule has 2 fully saturated rings. The number of carbonyl (C=O) groups excluding carboxylic acids is 2. The molecule has 1 unspecified atom stereocenters. The number of benzene rings is 1. The van der Waals surface area contributed by atoms with Crippen LogP contribution in [0.2, 0.25) is 0 Å². The molecule has 1 aliphatic heterocycles. The summed E-state index contributed by atoms with van der Waals surface area (Å²) in [5.74, 6) is -0.0580. The predicted octanol–water partition coefficient (Wildman–Crippen LogP) is 3.12. The predicted molar refractivity (Wildman–Crippen MR) is 90.6 cm³/mol. The first-order valence-corrected chi connectivity index (χ1v) is 8.63. The molecule has 1 N–H and O–H groups in total. The van der Waals surface area contributed by atoms with Gasteiger partial charge in [0.2, 0.25) is 5.91 Å². The monoisotopic (exact) mass is 354 g/mol. The first-order valence-electron chi connectivity index (χ1n) is 7.88. The van der Waals surface area contributed by atoms with Crippen LogP contribution >= 0.6 is 23.2 Å². The molecule has 4 nitrogen and oxygen atoms in total. The summed E-state index contributed by atoms with van der Waals surface area (Å²) in [5, 5.41) is 2.86.